The summed E-state index contributed by atoms with van der Waals surface area (Å²) in [4.78, 5) is 17.0. The third-order valence-corrected chi connectivity index (χ3v) is 4.68. The van der Waals surface area contributed by atoms with E-state index in [1.165, 1.54) is 11.3 Å². The van der Waals surface area contributed by atoms with E-state index in [-0.39, 0.29) is 5.78 Å². The quantitative estimate of drug-likeness (QED) is 0.856. The number of Topliss-reactive ketones (excluding diaryl/α,β-unsaturated/α-hetero) is 1. The molecule has 1 fully saturated rings. The molecular formula is C14H17N3O2S. The minimum absolute atomic E-state index is 0.114. The molecule has 1 aliphatic carbocycles. The number of aromatic nitrogens is 2. The van der Waals surface area contributed by atoms with E-state index in [0.29, 0.717) is 24.6 Å². The van der Waals surface area contributed by atoms with Crippen LogP contribution in [0.5, 0.6) is 0 Å². The Labute approximate surface area is 121 Å². The third-order valence-electron chi connectivity index (χ3n) is 3.77. The van der Waals surface area contributed by atoms with Gasteiger partial charge in [-0.1, -0.05) is 24.1 Å². The molecule has 0 amide bonds. The summed E-state index contributed by atoms with van der Waals surface area (Å²) in [6.45, 7) is 0. The topological polar surface area (TPSA) is 82.0 Å². The predicted octanol–water partition coefficient (Wildman–Crippen LogP) is 2.67. The molecule has 5 nitrogen and oxygen atoms in total. The van der Waals surface area contributed by atoms with Gasteiger partial charge in [0.1, 0.15) is 0 Å². The molecule has 1 saturated carbocycles. The van der Waals surface area contributed by atoms with Gasteiger partial charge in [-0.2, -0.15) is 4.98 Å². The predicted molar refractivity (Wildman–Crippen MR) is 75.6 cm³/mol. The number of carbonyl (C=O) groups excluding carboxylic acids is 1. The molecule has 0 radical (unpaired) electrons. The Morgan fingerprint density at radius 3 is 2.95 bits per heavy atom. The zero-order chi connectivity index (χ0) is 14.0. The van der Waals surface area contributed by atoms with Crippen LogP contribution in [0.15, 0.2) is 22.0 Å². The summed E-state index contributed by atoms with van der Waals surface area (Å²) in [6.07, 6.45) is 4.88. The van der Waals surface area contributed by atoms with E-state index in [2.05, 4.69) is 10.1 Å². The highest BCUT2D eigenvalue weighted by atomic mass is 32.1. The summed E-state index contributed by atoms with van der Waals surface area (Å²) in [5, 5.41) is 5.89. The number of hydrogen-bond donors (Lipinski definition) is 1. The van der Waals surface area contributed by atoms with Crippen molar-refractivity contribution in [1.29, 1.82) is 0 Å². The van der Waals surface area contributed by atoms with Crippen molar-refractivity contribution in [3.05, 3.63) is 34.1 Å². The normalized spacial score (nSPS) is 17.4. The summed E-state index contributed by atoms with van der Waals surface area (Å²) in [7, 11) is 0. The minimum Gasteiger partial charge on any atom is -0.339 e. The molecule has 2 N–H and O–H groups in total. The molecule has 3 rings (SSSR count). The van der Waals surface area contributed by atoms with Crippen molar-refractivity contribution in [3.63, 3.8) is 0 Å². The maximum Gasteiger partial charge on any atom is 0.227 e. The van der Waals surface area contributed by atoms with Gasteiger partial charge in [-0.25, -0.2) is 0 Å². The fourth-order valence-electron chi connectivity index (χ4n) is 2.57. The number of ketones is 1. The number of nitrogens with two attached hydrogens (primary N) is 1. The van der Waals surface area contributed by atoms with E-state index in [4.69, 9.17) is 10.3 Å². The van der Waals surface area contributed by atoms with Gasteiger partial charge in [0.05, 0.1) is 10.4 Å². The number of aryl methyl sites for hydroxylation is 1. The molecule has 2 aromatic rings. The van der Waals surface area contributed by atoms with E-state index >= 15 is 0 Å². The van der Waals surface area contributed by atoms with E-state index in [9.17, 15) is 4.79 Å². The molecule has 2 heterocycles. The Morgan fingerprint density at radius 2 is 2.25 bits per heavy atom. The molecule has 0 atom stereocenters. The van der Waals surface area contributed by atoms with Crippen molar-refractivity contribution >= 4 is 17.1 Å². The molecule has 0 aromatic carbocycles. The first-order valence-electron chi connectivity index (χ1n) is 6.86. The molecule has 2 aromatic heterocycles. The van der Waals surface area contributed by atoms with E-state index in [1.54, 1.807) is 0 Å². The van der Waals surface area contributed by atoms with Gasteiger partial charge < -0.3 is 10.3 Å². The van der Waals surface area contributed by atoms with Crippen LogP contribution >= 0.6 is 11.3 Å². The molecule has 0 aliphatic heterocycles. The zero-order valence-electron chi connectivity index (χ0n) is 11.2. The summed E-state index contributed by atoms with van der Waals surface area (Å²) in [5.41, 5.74) is 5.85. The lowest BCUT2D eigenvalue weighted by Crippen LogP contribution is -2.34. The maximum absolute atomic E-state index is 11.9. The Bertz CT molecular complexity index is 585. The molecule has 106 valence electrons. The second kappa shape index (κ2) is 5.46. The Hall–Kier alpha value is -1.53. The van der Waals surface area contributed by atoms with E-state index in [0.717, 1.165) is 30.6 Å². The fourth-order valence-corrected chi connectivity index (χ4v) is 3.26. The van der Waals surface area contributed by atoms with Crippen LogP contribution in [0.2, 0.25) is 0 Å². The number of thiophene rings is 1. The number of carbonyl (C=O) groups is 1. The molecule has 1 aliphatic rings. The average molecular weight is 291 g/mol. The van der Waals surface area contributed by atoms with Gasteiger partial charge in [0.15, 0.2) is 11.6 Å². The summed E-state index contributed by atoms with van der Waals surface area (Å²) in [6, 6.07) is 3.71. The molecule has 0 bridgehead atoms. The second-order valence-corrected chi connectivity index (χ2v) is 6.22. The second-order valence-electron chi connectivity index (χ2n) is 5.28. The molecular weight excluding hydrogens is 274 g/mol. The number of nitrogens with zero attached hydrogens (tertiary/aromatic N) is 2. The smallest absolute Gasteiger partial charge is 0.227 e. The lowest BCUT2D eigenvalue weighted by molar-refractivity contribution is 0.0983. The largest absolute Gasteiger partial charge is 0.339 e. The highest BCUT2D eigenvalue weighted by Crippen LogP contribution is 2.34. The van der Waals surface area contributed by atoms with Crippen LogP contribution in [0.1, 0.15) is 53.5 Å². The first-order chi connectivity index (χ1) is 9.67. The van der Waals surface area contributed by atoms with Crippen LogP contribution in [0.4, 0.5) is 0 Å². The molecule has 6 heteroatoms. The monoisotopic (exact) mass is 291 g/mol. The summed E-state index contributed by atoms with van der Waals surface area (Å²) < 4.78 is 5.22. The van der Waals surface area contributed by atoms with Crippen molar-refractivity contribution < 1.29 is 9.32 Å². The molecule has 0 saturated heterocycles. The molecule has 0 spiro atoms. The van der Waals surface area contributed by atoms with Crippen LogP contribution in [0.25, 0.3) is 0 Å². The van der Waals surface area contributed by atoms with Crippen LogP contribution in [0, 0.1) is 0 Å². The SMILES string of the molecule is NC1(c2noc(CCC(=O)c3cccs3)n2)CCCC1. The van der Waals surface area contributed by atoms with Gasteiger partial charge in [-0.05, 0) is 24.3 Å². The van der Waals surface area contributed by atoms with E-state index in [1.807, 2.05) is 17.5 Å². The Balaban J connectivity index is 1.62. The number of rotatable bonds is 5. The van der Waals surface area contributed by atoms with E-state index < -0.39 is 5.54 Å². The standard InChI is InChI=1S/C14H17N3O2S/c15-14(7-1-2-8-14)13-16-12(19-17-13)6-5-10(18)11-4-3-9-20-11/h3-4,9H,1-2,5-8,15H2. The van der Waals surface area contributed by atoms with Gasteiger partial charge in [0, 0.05) is 12.8 Å². The number of hydrogen-bond acceptors (Lipinski definition) is 6. The van der Waals surface area contributed by atoms with Gasteiger partial charge in [0.2, 0.25) is 5.89 Å². The maximum atomic E-state index is 11.9. The van der Waals surface area contributed by atoms with Gasteiger partial charge >= 0.3 is 0 Å². The summed E-state index contributed by atoms with van der Waals surface area (Å²) >= 11 is 1.45. The van der Waals surface area contributed by atoms with Crippen LogP contribution < -0.4 is 5.73 Å². The third kappa shape index (κ3) is 2.66. The Kier molecular flexibility index (Phi) is 3.67. The Morgan fingerprint density at radius 1 is 1.45 bits per heavy atom. The lowest BCUT2D eigenvalue weighted by Gasteiger charge is -2.17. The first kappa shape index (κ1) is 13.5. The van der Waals surface area contributed by atoms with Gasteiger partial charge in [0.25, 0.3) is 0 Å². The molecule has 0 unspecified atom stereocenters. The van der Waals surface area contributed by atoms with Crippen molar-refractivity contribution in [3.8, 4) is 0 Å². The van der Waals surface area contributed by atoms with Crippen LogP contribution in [0.3, 0.4) is 0 Å². The van der Waals surface area contributed by atoms with Gasteiger partial charge in [-0.3, -0.25) is 4.79 Å². The molecule has 20 heavy (non-hydrogen) atoms. The van der Waals surface area contributed by atoms with Gasteiger partial charge in [-0.15, -0.1) is 11.3 Å². The van der Waals surface area contributed by atoms with Crippen LogP contribution in [-0.4, -0.2) is 15.9 Å². The van der Waals surface area contributed by atoms with Crippen molar-refractivity contribution in [1.82, 2.24) is 10.1 Å². The van der Waals surface area contributed by atoms with Crippen molar-refractivity contribution in [2.45, 2.75) is 44.1 Å². The fraction of sp³-hybridized carbons (Fsp3) is 0.500. The first-order valence-corrected chi connectivity index (χ1v) is 7.74. The minimum atomic E-state index is -0.431. The summed E-state index contributed by atoms with van der Waals surface area (Å²) in [5.74, 6) is 1.21. The average Bonchev–Trinajstić information content (AvgIpc) is 3.17. The zero-order valence-corrected chi connectivity index (χ0v) is 12.0. The van der Waals surface area contributed by atoms with Crippen molar-refractivity contribution in [2.24, 2.45) is 5.73 Å². The van der Waals surface area contributed by atoms with Crippen molar-refractivity contribution in [2.75, 3.05) is 0 Å². The highest BCUT2D eigenvalue weighted by Gasteiger charge is 2.35. The highest BCUT2D eigenvalue weighted by molar-refractivity contribution is 7.12. The van der Waals surface area contributed by atoms with Crippen LogP contribution in [-0.2, 0) is 12.0 Å². The lowest BCUT2D eigenvalue weighted by atomic mass is 9.99.